The highest BCUT2D eigenvalue weighted by Crippen LogP contribution is 2.18. The van der Waals surface area contributed by atoms with E-state index in [2.05, 4.69) is 5.16 Å². The molecule has 0 radical (unpaired) electrons. The topological polar surface area (TPSA) is 101 Å². The Labute approximate surface area is 123 Å². The molecule has 0 unspecified atom stereocenters. The second-order valence-corrected chi connectivity index (χ2v) is 5.36. The van der Waals surface area contributed by atoms with Gasteiger partial charge in [-0.2, -0.15) is 0 Å². The molecule has 1 aromatic carbocycles. The van der Waals surface area contributed by atoms with Crippen LogP contribution in [0.25, 0.3) is 0 Å². The molecule has 2 N–H and O–H groups in total. The maximum atomic E-state index is 12.4. The van der Waals surface area contributed by atoms with Gasteiger partial charge in [0, 0.05) is 18.7 Å². The number of nitrogens with zero attached hydrogens (tertiary/aromatic N) is 1. The van der Waals surface area contributed by atoms with Gasteiger partial charge in [0.2, 0.25) is 5.91 Å². The Morgan fingerprint density at radius 1 is 1.40 bits per heavy atom. The first-order chi connectivity index (χ1) is 11.5. The van der Waals surface area contributed by atoms with Crippen LogP contribution in [0.4, 0.5) is 11.5 Å². The zero-order valence-corrected chi connectivity index (χ0v) is 11.3. The summed E-state index contributed by atoms with van der Waals surface area (Å²) >= 11 is 0. The maximum Gasteiger partial charge on any atom is 0.263 e. The molecule has 0 spiro atoms. The van der Waals surface area contributed by atoms with Crippen molar-refractivity contribution in [2.45, 2.75) is 18.7 Å². The van der Waals surface area contributed by atoms with E-state index >= 15 is 0 Å². The minimum Gasteiger partial charge on any atom is -0.360 e. The fourth-order valence-electron chi connectivity index (χ4n) is 1.25. The number of aromatic nitrogens is 1. The molecule has 0 aliphatic heterocycles. The smallest absolute Gasteiger partial charge is 0.263 e. The van der Waals surface area contributed by atoms with Gasteiger partial charge in [0.15, 0.2) is 7.23 Å². The van der Waals surface area contributed by atoms with Crippen molar-refractivity contribution in [2.75, 3.05) is 10.0 Å². The van der Waals surface area contributed by atoms with Crippen molar-refractivity contribution < 1.29 is 24.6 Å². The van der Waals surface area contributed by atoms with E-state index in [1.165, 1.54) is 13.0 Å². The number of amides is 1. The fourth-order valence-corrected chi connectivity index (χ4v) is 2.09. The van der Waals surface area contributed by atoms with Crippen molar-refractivity contribution in [3.8, 4) is 0 Å². The van der Waals surface area contributed by atoms with E-state index in [4.69, 9.17) is 11.4 Å². The summed E-state index contributed by atoms with van der Waals surface area (Å²) in [7, 11) is -4.52. The third-order valence-electron chi connectivity index (χ3n) is 1.99. The van der Waals surface area contributed by atoms with E-state index in [1.807, 2.05) is 4.72 Å². The molecule has 0 aliphatic carbocycles. The summed E-state index contributed by atoms with van der Waals surface area (Å²) in [5, 5.41) is 3.61. The Bertz CT molecular complexity index is 931. The van der Waals surface area contributed by atoms with E-state index < -0.39 is 50.7 Å². The number of benzene rings is 1. The van der Waals surface area contributed by atoms with Crippen LogP contribution < -0.4 is 10.0 Å². The second-order valence-electron chi connectivity index (χ2n) is 3.74. The predicted octanol–water partition coefficient (Wildman–Crippen LogP) is 1.74. The average molecular weight is 300 g/mol. The lowest BCUT2D eigenvalue weighted by molar-refractivity contribution is -0.114. The van der Waals surface area contributed by atoms with Crippen LogP contribution >= 0.6 is 0 Å². The van der Waals surface area contributed by atoms with E-state index in [-0.39, 0.29) is 11.1 Å². The van der Waals surface area contributed by atoms with E-state index in [0.29, 0.717) is 5.76 Å². The number of sulfonamides is 1. The Morgan fingerprint density at radius 3 is 2.55 bits per heavy atom. The normalized spacial score (nSPS) is 14.6. The molecule has 2 rings (SSSR count). The van der Waals surface area contributed by atoms with Crippen molar-refractivity contribution in [2.24, 2.45) is 0 Å². The molecule has 0 aliphatic rings. The fraction of sp³-hybridized carbons (Fsp3) is 0.167. The van der Waals surface area contributed by atoms with Crippen molar-refractivity contribution in [3.63, 3.8) is 0 Å². The SMILES string of the molecule is [2H]c1c([2H])c(S(=O)(=O)Nc2cc(C)on2)c([2H])c([2H])c1N([2H])C(C)=O. The van der Waals surface area contributed by atoms with Gasteiger partial charge in [0.25, 0.3) is 10.0 Å². The Hall–Kier alpha value is -2.35. The summed E-state index contributed by atoms with van der Waals surface area (Å²) in [5.41, 5.74) is -0.640. The van der Waals surface area contributed by atoms with Crippen LogP contribution in [0.2, 0.25) is 1.41 Å². The molecular weight excluding hydrogens is 282 g/mol. The molecule has 20 heavy (non-hydrogen) atoms. The van der Waals surface area contributed by atoms with Crippen LogP contribution in [0.5, 0.6) is 0 Å². The second kappa shape index (κ2) is 5.33. The molecule has 0 atom stereocenters. The summed E-state index contributed by atoms with van der Waals surface area (Å²) in [4.78, 5) is 10.4. The molecule has 2 aromatic rings. The Morgan fingerprint density at radius 2 is 2.05 bits per heavy atom. The molecule has 106 valence electrons. The van der Waals surface area contributed by atoms with E-state index in [1.54, 1.807) is 0 Å². The summed E-state index contributed by atoms with van der Waals surface area (Å²) in [6.07, 6.45) is 0. The lowest BCUT2D eigenvalue weighted by Crippen LogP contribution is -2.13. The van der Waals surface area contributed by atoms with Gasteiger partial charge in [-0.3, -0.25) is 9.52 Å². The molecule has 1 heterocycles. The minimum absolute atomic E-state index is 0.172. The molecule has 1 aromatic heterocycles. The van der Waals surface area contributed by atoms with Gasteiger partial charge >= 0.3 is 0 Å². The highest BCUT2D eigenvalue weighted by Gasteiger charge is 2.16. The summed E-state index contributed by atoms with van der Waals surface area (Å²) in [6.45, 7) is 2.53. The van der Waals surface area contributed by atoms with Gasteiger partial charge in [-0.05, 0) is 31.1 Å². The lowest BCUT2D eigenvalue weighted by atomic mass is 10.3. The summed E-state index contributed by atoms with van der Waals surface area (Å²) in [6, 6.07) is -2.22. The van der Waals surface area contributed by atoms with Crippen LogP contribution in [-0.2, 0) is 14.8 Å². The Balaban J connectivity index is 2.65. The lowest BCUT2D eigenvalue weighted by Gasteiger charge is -2.06. The number of hydrogen-bond donors (Lipinski definition) is 2. The molecular formula is C12H13N3O4S. The minimum atomic E-state index is -4.52. The first-order valence-corrected chi connectivity index (χ1v) is 6.81. The van der Waals surface area contributed by atoms with Gasteiger partial charge in [0.05, 0.1) is 10.4 Å². The molecule has 0 fully saturated rings. The number of carbonyl (C=O) groups excluding carboxylic acids is 1. The first-order valence-electron chi connectivity index (χ1n) is 7.78. The quantitative estimate of drug-likeness (QED) is 0.895. The van der Waals surface area contributed by atoms with Crippen LogP contribution in [0.1, 0.15) is 18.2 Å². The summed E-state index contributed by atoms with van der Waals surface area (Å²) < 4.78 is 70.5. The zero-order chi connectivity index (χ0) is 19.1. The van der Waals surface area contributed by atoms with Crippen LogP contribution in [0.15, 0.2) is 39.7 Å². The number of anilines is 2. The zero-order valence-electron chi connectivity index (χ0n) is 15.5. The van der Waals surface area contributed by atoms with Crippen LogP contribution in [-0.4, -0.2) is 19.5 Å². The molecule has 1 amide bonds. The van der Waals surface area contributed by atoms with Crippen LogP contribution in [0.3, 0.4) is 0 Å². The standard InChI is InChI=1S/C12H13N3O4S/c1-8-7-12(14-19-8)15-20(17,18)11-5-3-10(4-6-11)13-9(2)16/h3-7H,1-2H3,(H,13,16)(H,14,15)/i3D,4D,5D,6D/hD. The molecule has 0 saturated carbocycles. The van der Waals surface area contributed by atoms with Gasteiger partial charge in [-0.1, -0.05) is 5.16 Å². The number of rotatable bonds is 4. The van der Waals surface area contributed by atoms with Gasteiger partial charge in [-0.15, -0.1) is 0 Å². The van der Waals surface area contributed by atoms with E-state index in [9.17, 15) is 13.2 Å². The third-order valence-corrected chi connectivity index (χ3v) is 3.21. The van der Waals surface area contributed by atoms with E-state index in [0.717, 1.165) is 6.92 Å². The number of aryl methyl sites for hydroxylation is 1. The van der Waals surface area contributed by atoms with Crippen molar-refractivity contribution >= 4 is 27.4 Å². The largest absolute Gasteiger partial charge is 0.360 e. The number of carbonyl (C=O) groups is 1. The first kappa shape index (κ1) is 8.75. The van der Waals surface area contributed by atoms with Crippen molar-refractivity contribution in [1.29, 1.82) is 0 Å². The highest BCUT2D eigenvalue weighted by molar-refractivity contribution is 7.92. The van der Waals surface area contributed by atoms with Crippen molar-refractivity contribution in [1.82, 2.24) is 5.16 Å². The number of nitrogens with one attached hydrogen (secondary N) is 2. The van der Waals surface area contributed by atoms with Gasteiger partial charge in [-0.25, -0.2) is 8.42 Å². The molecule has 0 saturated heterocycles. The maximum absolute atomic E-state index is 12.4. The van der Waals surface area contributed by atoms with Crippen molar-refractivity contribution in [3.05, 3.63) is 36.0 Å². The third kappa shape index (κ3) is 3.35. The molecule has 0 bridgehead atoms. The van der Waals surface area contributed by atoms with Gasteiger partial charge in [0.1, 0.15) is 5.76 Å². The molecule has 7 nitrogen and oxygen atoms in total. The average Bonchev–Trinajstić information content (AvgIpc) is 2.89. The summed E-state index contributed by atoms with van der Waals surface area (Å²) in [5.74, 6) is -0.726. The number of hydrogen-bond acceptors (Lipinski definition) is 5. The Kier molecular flexibility index (Phi) is 2.33. The monoisotopic (exact) mass is 300 g/mol. The highest BCUT2D eigenvalue weighted by atomic mass is 32.2. The molecule has 8 heteroatoms. The predicted molar refractivity (Wildman–Crippen MR) is 72.8 cm³/mol. The van der Waals surface area contributed by atoms with Crippen LogP contribution in [0, 0.1) is 6.92 Å². The van der Waals surface area contributed by atoms with Gasteiger partial charge < -0.3 is 9.83 Å².